The number of carboxylic acid groups (broad SMARTS) is 1. The Morgan fingerprint density at radius 2 is 2.00 bits per heavy atom. The molecule has 0 fully saturated rings. The summed E-state index contributed by atoms with van der Waals surface area (Å²) in [4.78, 5) is 10.6. The van der Waals surface area contributed by atoms with E-state index in [9.17, 15) is 13.2 Å². The van der Waals surface area contributed by atoms with Gasteiger partial charge >= 0.3 is 5.97 Å². The maximum Gasteiger partial charge on any atom is 0.318 e. The van der Waals surface area contributed by atoms with Crippen LogP contribution in [0.2, 0.25) is 10.0 Å². The summed E-state index contributed by atoms with van der Waals surface area (Å²) in [5, 5.41) is 9.03. The lowest BCUT2D eigenvalue weighted by molar-refractivity contribution is -0.137. The summed E-state index contributed by atoms with van der Waals surface area (Å²) in [6.07, 6.45) is 1.30. The van der Waals surface area contributed by atoms with E-state index in [0.717, 1.165) is 4.31 Å². The van der Waals surface area contributed by atoms with Gasteiger partial charge in [0.15, 0.2) is 0 Å². The highest BCUT2D eigenvalue weighted by Gasteiger charge is 2.26. The van der Waals surface area contributed by atoms with Gasteiger partial charge in [-0.25, -0.2) is 8.42 Å². The number of hydrogen-bond donors (Lipinski definition) is 1. The minimum absolute atomic E-state index is 0.0802. The van der Waals surface area contributed by atoms with Crippen LogP contribution in [0.1, 0.15) is 0 Å². The predicted molar refractivity (Wildman–Crippen MR) is 73.1 cm³/mol. The second kappa shape index (κ2) is 6.38. The van der Waals surface area contributed by atoms with E-state index in [2.05, 4.69) is 6.58 Å². The van der Waals surface area contributed by atoms with Crippen LogP contribution in [0.3, 0.4) is 0 Å². The molecule has 0 aromatic heterocycles. The molecule has 0 heterocycles. The van der Waals surface area contributed by atoms with Gasteiger partial charge in [0.2, 0.25) is 10.0 Å². The molecular formula is C11H11Cl2NO4S. The SMILES string of the molecule is C=CCN(CC(=O)O)S(=O)(=O)c1ccc(Cl)c(Cl)c1. The van der Waals surface area contributed by atoms with Crippen molar-refractivity contribution in [3.05, 3.63) is 40.9 Å². The minimum atomic E-state index is -3.96. The number of benzene rings is 1. The lowest BCUT2D eigenvalue weighted by atomic mass is 10.4. The monoisotopic (exact) mass is 323 g/mol. The van der Waals surface area contributed by atoms with Crippen molar-refractivity contribution in [2.75, 3.05) is 13.1 Å². The van der Waals surface area contributed by atoms with Gasteiger partial charge < -0.3 is 5.11 Å². The van der Waals surface area contributed by atoms with E-state index in [1.54, 1.807) is 0 Å². The van der Waals surface area contributed by atoms with Crippen LogP contribution in [0.5, 0.6) is 0 Å². The van der Waals surface area contributed by atoms with Crippen LogP contribution in [0.15, 0.2) is 35.7 Å². The van der Waals surface area contributed by atoms with Crippen LogP contribution < -0.4 is 0 Å². The van der Waals surface area contributed by atoms with Crippen LogP contribution in [-0.2, 0) is 14.8 Å². The third-order valence-electron chi connectivity index (χ3n) is 2.17. The number of rotatable bonds is 6. The molecule has 8 heteroatoms. The average Bonchev–Trinajstić information content (AvgIpc) is 2.31. The first kappa shape index (κ1) is 16.0. The number of nitrogens with zero attached hydrogens (tertiary/aromatic N) is 1. The fourth-order valence-corrected chi connectivity index (χ4v) is 3.08. The molecule has 1 aromatic rings. The number of halogens is 2. The maximum absolute atomic E-state index is 12.2. The van der Waals surface area contributed by atoms with E-state index >= 15 is 0 Å². The highest BCUT2D eigenvalue weighted by atomic mass is 35.5. The van der Waals surface area contributed by atoms with Crippen LogP contribution in [0.25, 0.3) is 0 Å². The molecule has 104 valence electrons. The molecule has 0 aliphatic carbocycles. The third-order valence-corrected chi connectivity index (χ3v) is 4.72. The Morgan fingerprint density at radius 1 is 1.37 bits per heavy atom. The Bertz CT molecular complexity index is 601. The number of aliphatic carboxylic acids is 1. The van der Waals surface area contributed by atoms with Crippen molar-refractivity contribution < 1.29 is 18.3 Å². The van der Waals surface area contributed by atoms with Gasteiger partial charge in [0.05, 0.1) is 14.9 Å². The maximum atomic E-state index is 12.2. The van der Waals surface area contributed by atoms with Gasteiger partial charge in [-0.05, 0) is 18.2 Å². The van der Waals surface area contributed by atoms with Crippen molar-refractivity contribution in [1.82, 2.24) is 4.31 Å². The molecule has 5 nitrogen and oxygen atoms in total. The summed E-state index contributed by atoms with van der Waals surface area (Å²) < 4.78 is 25.2. The van der Waals surface area contributed by atoms with Gasteiger partial charge in [-0.15, -0.1) is 6.58 Å². The molecule has 0 saturated carbocycles. The molecule has 0 aliphatic rings. The summed E-state index contributed by atoms with van der Waals surface area (Å²) in [5.74, 6) is -1.26. The van der Waals surface area contributed by atoms with E-state index in [1.807, 2.05) is 0 Å². The first-order valence-corrected chi connectivity index (χ1v) is 7.26. The summed E-state index contributed by atoms with van der Waals surface area (Å²) in [6.45, 7) is 2.63. The highest BCUT2D eigenvalue weighted by Crippen LogP contribution is 2.26. The van der Waals surface area contributed by atoms with E-state index in [4.69, 9.17) is 28.3 Å². The van der Waals surface area contributed by atoms with Crippen LogP contribution >= 0.6 is 23.2 Å². The largest absolute Gasteiger partial charge is 0.480 e. The zero-order valence-electron chi connectivity index (χ0n) is 9.71. The molecule has 0 spiro atoms. The lowest BCUT2D eigenvalue weighted by Gasteiger charge is -2.18. The molecular weight excluding hydrogens is 313 g/mol. The van der Waals surface area contributed by atoms with E-state index < -0.39 is 22.5 Å². The van der Waals surface area contributed by atoms with E-state index in [1.165, 1.54) is 24.3 Å². The van der Waals surface area contributed by atoms with Gasteiger partial charge in [0, 0.05) is 6.54 Å². The number of sulfonamides is 1. The standard InChI is InChI=1S/C11H11Cl2NO4S/c1-2-5-14(7-11(15)16)19(17,18)8-3-4-9(12)10(13)6-8/h2-4,6H,1,5,7H2,(H,15,16). The zero-order chi connectivity index (χ0) is 14.6. The summed E-state index contributed by atoms with van der Waals surface area (Å²) in [7, 11) is -3.96. The Labute approximate surface area is 121 Å². The molecule has 1 N–H and O–H groups in total. The predicted octanol–water partition coefficient (Wildman–Crippen LogP) is 2.25. The van der Waals surface area contributed by atoms with Crippen molar-refractivity contribution in [3.8, 4) is 0 Å². The summed E-state index contributed by atoms with van der Waals surface area (Å²) in [5.41, 5.74) is 0. The molecule has 0 amide bonds. The summed E-state index contributed by atoms with van der Waals surface area (Å²) in [6, 6.07) is 3.78. The molecule has 0 bridgehead atoms. The summed E-state index contributed by atoms with van der Waals surface area (Å²) >= 11 is 11.5. The quantitative estimate of drug-likeness (QED) is 0.815. The average molecular weight is 324 g/mol. The highest BCUT2D eigenvalue weighted by molar-refractivity contribution is 7.89. The molecule has 0 unspecified atom stereocenters. The first-order valence-electron chi connectivity index (χ1n) is 5.07. The molecule has 1 aromatic carbocycles. The third kappa shape index (κ3) is 3.94. The fourth-order valence-electron chi connectivity index (χ4n) is 1.33. The van der Waals surface area contributed by atoms with Gasteiger partial charge in [0.25, 0.3) is 0 Å². The number of carboxylic acids is 1. The van der Waals surface area contributed by atoms with Crippen molar-refractivity contribution in [3.63, 3.8) is 0 Å². The molecule has 0 aliphatic heterocycles. The van der Waals surface area contributed by atoms with E-state index in [-0.39, 0.29) is 21.5 Å². The Hall–Kier alpha value is -1.08. The normalized spacial score (nSPS) is 11.5. The number of hydrogen-bond acceptors (Lipinski definition) is 3. The molecule has 1 rings (SSSR count). The van der Waals surface area contributed by atoms with Gasteiger partial charge in [-0.2, -0.15) is 4.31 Å². The van der Waals surface area contributed by atoms with Gasteiger partial charge in [-0.3, -0.25) is 4.79 Å². The Morgan fingerprint density at radius 3 is 2.47 bits per heavy atom. The van der Waals surface area contributed by atoms with Gasteiger partial charge in [0.1, 0.15) is 6.54 Å². The van der Waals surface area contributed by atoms with Crippen molar-refractivity contribution in [1.29, 1.82) is 0 Å². The van der Waals surface area contributed by atoms with Crippen molar-refractivity contribution >= 4 is 39.2 Å². The second-order valence-corrected chi connectivity index (χ2v) is 6.31. The molecule has 0 atom stereocenters. The first-order chi connectivity index (χ1) is 8.78. The van der Waals surface area contributed by atoms with Crippen LogP contribution in [0.4, 0.5) is 0 Å². The Balaban J connectivity index is 3.21. The topological polar surface area (TPSA) is 74.7 Å². The zero-order valence-corrected chi connectivity index (χ0v) is 12.0. The van der Waals surface area contributed by atoms with Crippen LogP contribution in [-0.4, -0.2) is 36.9 Å². The lowest BCUT2D eigenvalue weighted by Crippen LogP contribution is -2.35. The molecule has 0 saturated heterocycles. The van der Waals surface area contributed by atoms with E-state index in [0.29, 0.717) is 0 Å². The number of carbonyl (C=O) groups is 1. The van der Waals surface area contributed by atoms with Gasteiger partial charge in [-0.1, -0.05) is 29.3 Å². The fraction of sp³-hybridized carbons (Fsp3) is 0.182. The van der Waals surface area contributed by atoms with Crippen molar-refractivity contribution in [2.24, 2.45) is 0 Å². The second-order valence-electron chi connectivity index (χ2n) is 3.56. The Kier molecular flexibility index (Phi) is 5.37. The smallest absolute Gasteiger partial charge is 0.318 e. The van der Waals surface area contributed by atoms with Crippen LogP contribution in [0, 0.1) is 0 Å². The minimum Gasteiger partial charge on any atom is -0.480 e. The van der Waals surface area contributed by atoms with Crippen molar-refractivity contribution in [2.45, 2.75) is 4.90 Å². The molecule has 19 heavy (non-hydrogen) atoms. The molecule has 0 radical (unpaired) electrons.